The zero-order valence-electron chi connectivity index (χ0n) is 12.5. The van der Waals surface area contributed by atoms with Crippen LogP contribution in [0.2, 0.25) is 0 Å². The molecule has 1 amide bonds. The molecule has 5 nitrogen and oxygen atoms in total. The third kappa shape index (κ3) is 3.92. The number of rotatable bonds is 6. The van der Waals surface area contributed by atoms with Gasteiger partial charge >= 0.3 is 0 Å². The van der Waals surface area contributed by atoms with Crippen LogP contribution in [0, 0.1) is 5.92 Å². The maximum Gasteiger partial charge on any atom is 0.241 e. The molecule has 0 spiro atoms. The Kier molecular flexibility index (Phi) is 5.38. The van der Waals surface area contributed by atoms with Gasteiger partial charge in [0.2, 0.25) is 5.91 Å². The molecule has 1 saturated heterocycles. The van der Waals surface area contributed by atoms with Crippen LogP contribution in [0.25, 0.3) is 0 Å². The van der Waals surface area contributed by atoms with Gasteiger partial charge in [-0.1, -0.05) is 27.2 Å². The topological polar surface area (TPSA) is 66.5 Å². The third-order valence-corrected chi connectivity index (χ3v) is 4.93. The van der Waals surface area contributed by atoms with Crippen LogP contribution in [-0.4, -0.2) is 49.5 Å². The Morgan fingerprint density at radius 1 is 1.32 bits per heavy atom. The Bertz CT molecular complexity index is 422. The fraction of sp³-hybridized carbons (Fsp3) is 0.923. The second-order valence-electron chi connectivity index (χ2n) is 5.64. The summed E-state index contributed by atoms with van der Waals surface area (Å²) in [5.41, 5.74) is 0. The van der Waals surface area contributed by atoms with E-state index in [1.807, 2.05) is 20.8 Å². The van der Waals surface area contributed by atoms with E-state index in [4.69, 9.17) is 0 Å². The first kappa shape index (κ1) is 16.4. The van der Waals surface area contributed by atoms with Gasteiger partial charge < -0.3 is 4.90 Å². The van der Waals surface area contributed by atoms with Gasteiger partial charge in [-0.2, -0.15) is 0 Å². The van der Waals surface area contributed by atoms with Gasteiger partial charge in [0.1, 0.15) is 9.84 Å². The minimum Gasteiger partial charge on any atom is -0.322 e. The summed E-state index contributed by atoms with van der Waals surface area (Å²) in [6.07, 6.45) is 2.87. The Labute approximate surface area is 116 Å². The quantitative estimate of drug-likeness (QED) is 0.792. The molecule has 1 fully saturated rings. The maximum atomic E-state index is 12.5. The lowest BCUT2D eigenvalue weighted by Gasteiger charge is -2.29. The van der Waals surface area contributed by atoms with E-state index < -0.39 is 9.84 Å². The third-order valence-electron chi connectivity index (χ3n) is 3.85. The van der Waals surface area contributed by atoms with E-state index in [-0.39, 0.29) is 35.8 Å². The highest BCUT2D eigenvalue weighted by Gasteiger charge is 2.42. The van der Waals surface area contributed by atoms with Crippen molar-refractivity contribution in [2.45, 2.75) is 58.8 Å². The van der Waals surface area contributed by atoms with Gasteiger partial charge in [-0.15, -0.1) is 0 Å². The van der Waals surface area contributed by atoms with E-state index in [9.17, 15) is 13.2 Å². The van der Waals surface area contributed by atoms with Crippen LogP contribution in [0.5, 0.6) is 0 Å². The van der Waals surface area contributed by atoms with Gasteiger partial charge in [-0.25, -0.2) is 8.42 Å². The number of hydrogen-bond acceptors (Lipinski definition) is 4. The summed E-state index contributed by atoms with van der Waals surface area (Å²) in [5.74, 6) is 0.318. The maximum absolute atomic E-state index is 12.5. The molecule has 1 aliphatic rings. The SMILES string of the molecule is CCC(C)C1NC(CC)N(C(C)CS(C)(=O)=O)C1=O. The van der Waals surface area contributed by atoms with Crippen LogP contribution in [0.1, 0.15) is 40.5 Å². The van der Waals surface area contributed by atoms with Crippen molar-refractivity contribution in [1.82, 2.24) is 10.2 Å². The van der Waals surface area contributed by atoms with Crippen molar-refractivity contribution in [1.29, 1.82) is 0 Å². The number of hydrogen-bond donors (Lipinski definition) is 1. The first-order valence-corrected chi connectivity index (χ1v) is 9.03. The molecule has 1 heterocycles. The molecule has 0 radical (unpaired) electrons. The van der Waals surface area contributed by atoms with E-state index in [1.54, 1.807) is 4.90 Å². The van der Waals surface area contributed by atoms with Gasteiger partial charge in [-0.3, -0.25) is 10.1 Å². The zero-order valence-corrected chi connectivity index (χ0v) is 13.3. The molecule has 0 aromatic carbocycles. The number of nitrogens with zero attached hydrogens (tertiary/aromatic N) is 1. The summed E-state index contributed by atoms with van der Waals surface area (Å²) < 4.78 is 22.8. The van der Waals surface area contributed by atoms with Gasteiger partial charge in [0.05, 0.1) is 18.0 Å². The molecular formula is C13H26N2O3S. The van der Waals surface area contributed by atoms with Crippen molar-refractivity contribution in [2.75, 3.05) is 12.0 Å². The van der Waals surface area contributed by atoms with Crippen LogP contribution in [0.3, 0.4) is 0 Å². The summed E-state index contributed by atoms with van der Waals surface area (Å²) in [5, 5.41) is 3.34. The van der Waals surface area contributed by atoms with Gasteiger partial charge in [0.15, 0.2) is 0 Å². The molecule has 0 aliphatic carbocycles. The average Bonchev–Trinajstić information content (AvgIpc) is 2.63. The van der Waals surface area contributed by atoms with Crippen LogP contribution in [0.15, 0.2) is 0 Å². The van der Waals surface area contributed by atoms with E-state index in [0.717, 1.165) is 12.8 Å². The van der Waals surface area contributed by atoms with Crippen molar-refractivity contribution >= 4 is 15.7 Å². The highest BCUT2D eigenvalue weighted by molar-refractivity contribution is 7.90. The number of carbonyl (C=O) groups is 1. The molecule has 112 valence electrons. The molecule has 4 unspecified atom stereocenters. The number of amides is 1. The fourth-order valence-electron chi connectivity index (χ4n) is 2.67. The zero-order chi connectivity index (χ0) is 14.8. The second-order valence-corrected chi connectivity index (χ2v) is 7.83. The summed E-state index contributed by atoms with van der Waals surface area (Å²) in [4.78, 5) is 14.2. The molecule has 1 N–H and O–H groups in total. The Hall–Kier alpha value is -0.620. The number of nitrogens with one attached hydrogen (secondary N) is 1. The molecule has 4 atom stereocenters. The van der Waals surface area contributed by atoms with E-state index >= 15 is 0 Å². The number of sulfone groups is 1. The highest BCUT2D eigenvalue weighted by Crippen LogP contribution is 2.23. The van der Waals surface area contributed by atoms with Crippen LogP contribution in [-0.2, 0) is 14.6 Å². The van der Waals surface area contributed by atoms with Crippen LogP contribution < -0.4 is 5.32 Å². The average molecular weight is 290 g/mol. The fourth-order valence-corrected chi connectivity index (χ4v) is 3.71. The highest BCUT2D eigenvalue weighted by atomic mass is 32.2. The molecule has 0 aromatic rings. The summed E-state index contributed by atoms with van der Waals surface area (Å²) in [7, 11) is -3.08. The van der Waals surface area contributed by atoms with Crippen molar-refractivity contribution in [3.05, 3.63) is 0 Å². The lowest BCUT2D eigenvalue weighted by atomic mass is 9.99. The molecule has 0 bridgehead atoms. The first-order chi connectivity index (χ1) is 8.71. The molecule has 6 heteroatoms. The first-order valence-electron chi connectivity index (χ1n) is 6.97. The van der Waals surface area contributed by atoms with Crippen molar-refractivity contribution in [2.24, 2.45) is 5.92 Å². The standard InChI is InChI=1S/C13H26N2O3S/c1-6-9(3)12-13(16)15(11(7-2)14-12)10(4)8-19(5,17)18/h9-12,14H,6-8H2,1-5H3. The van der Waals surface area contributed by atoms with E-state index in [2.05, 4.69) is 12.2 Å². The number of carbonyl (C=O) groups excluding carboxylic acids is 1. The monoisotopic (exact) mass is 290 g/mol. The lowest BCUT2D eigenvalue weighted by Crippen LogP contribution is -2.45. The normalized spacial score (nSPS) is 27.6. The predicted octanol–water partition coefficient (Wildman–Crippen LogP) is 1.00. The van der Waals surface area contributed by atoms with Gasteiger partial charge in [0, 0.05) is 12.3 Å². The Morgan fingerprint density at radius 2 is 1.89 bits per heavy atom. The predicted molar refractivity (Wildman–Crippen MR) is 76.5 cm³/mol. The molecule has 19 heavy (non-hydrogen) atoms. The largest absolute Gasteiger partial charge is 0.322 e. The molecule has 0 saturated carbocycles. The minimum absolute atomic E-state index is 0.0180. The minimum atomic E-state index is -3.08. The van der Waals surface area contributed by atoms with Crippen LogP contribution in [0.4, 0.5) is 0 Å². The van der Waals surface area contributed by atoms with Gasteiger partial charge in [-0.05, 0) is 19.3 Å². The van der Waals surface area contributed by atoms with Gasteiger partial charge in [0.25, 0.3) is 0 Å². The summed E-state index contributed by atoms with van der Waals surface area (Å²) >= 11 is 0. The van der Waals surface area contributed by atoms with Crippen molar-refractivity contribution in [3.8, 4) is 0 Å². The molecule has 0 aromatic heterocycles. The smallest absolute Gasteiger partial charge is 0.241 e. The lowest BCUT2D eigenvalue weighted by molar-refractivity contribution is -0.132. The van der Waals surface area contributed by atoms with Crippen molar-refractivity contribution < 1.29 is 13.2 Å². The van der Waals surface area contributed by atoms with Crippen molar-refractivity contribution in [3.63, 3.8) is 0 Å². The molecule has 1 aliphatic heterocycles. The van der Waals surface area contributed by atoms with Crippen LogP contribution >= 0.6 is 0 Å². The second kappa shape index (κ2) is 6.22. The molecular weight excluding hydrogens is 264 g/mol. The Balaban J connectivity index is 2.89. The molecule has 1 rings (SSSR count). The van der Waals surface area contributed by atoms with E-state index in [1.165, 1.54) is 6.26 Å². The van der Waals surface area contributed by atoms with E-state index in [0.29, 0.717) is 0 Å². The Morgan fingerprint density at radius 3 is 2.32 bits per heavy atom. The summed E-state index contributed by atoms with van der Waals surface area (Å²) in [6, 6.07) is -0.467. The summed E-state index contributed by atoms with van der Waals surface area (Å²) in [6.45, 7) is 7.92.